The number of ether oxygens (including phenoxy) is 1. The minimum atomic E-state index is -0.982. The molecule has 0 radical (unpaired) electrons. The number of aliphatic hydroxyl groups is 1. The van der Waals surface area contributed by atoms with E-state index in [9.17, 15) is 15.2 Å². The molecule has 1 aromatic carbocycles. The summed E-state index contributed by atoms with van der Waals surface area (Å²) in [5.74, 6) is 0.0947. The third-order valence-electron chi connectivity index (χ3n) is 3.48. The first-order valence-corrected chi connectivity index (χ1v) is 6.06. The summed E-state index contributed by atoms with van der Waals surface area (Å²) in [6.07, 6.45) is -0.982. The van der Waals surface area contributed by atoms with Crippen LogP contribution in [0.2, 0.25) is 0 Å². The number of hydrogen-bond acceptors (Lipinski definition) is 4. The fraction of sp³-hybridized carbons (Fsp3) is 0.538. The summed E-state index contributed by atoms with van der Waals surface area (Å²) in [5, 5.41) is 20.9. The van der Waals surface area contributed by atoms with E-state index in [2.05, 4.69) is 0 Å². The lowest BCUT2D eigenvalue weighted by atomic mass is 9.77. The first-order chi connectivity index (χ1) is 8.50. The van der Waals surface area contributed by atoms with Gasteiger partial charge in [0.25, 0.3) is 0 Å². The zero-order valence-corrected chi connectivity index (χ0v) is 10.4. The van der Waals surface area contributed by atoms with E-state index in [0.717, 1.165) is 5.56 Å². The van der Waals surface area contributed by atoms with Gasteiger partial charge in [-0.2, -0.15) is 0 Å². The fourth-order valence-electron chi connectivity index (χ4n) is 2.68. The van der Waals surface area contributed by atoms with Crippen molar-refractivity contribution in [3.05, 3.63) is 39.9 Å². The fourth-order valence-corrected chi connectivity index (χ4v) is 2.68. The lowest BCUT2D eigenvalue weighted by Crippen LogP contribution is -2.41. The molecule has 98 valence electrons. The molecule has 5 nitrogen and oxygen atoms in total. The minimum Gasteiger partial charge on any atom is -0.465 e. The molecule has 0 saturated carbocycles. The van der Waals surface area contributed by atoms with Gasteiger partial charge in [0.05, 0.1) is 5.92 Å². The normalized spacial score (nSPS) is 26.6. The van der Waals surface area contributed by atoms with Gasteiger partial charge in [0.1, 0.15) is 5.75 Å². The van der Waals surface area contributed by atoms with Crippen molar-refractivity contribution < 1.29 is 14.8 Å². The van der Waals surface area contributed by atoms with Gasteiger partial charge < -0.3 is 9.84 Å². The average molecular weight is 251 g/mol. The van der Waals surface area contributed by atoms with Crippen LogP contribution in [0.5, 0.6) is 5.75 Å². The van der Waals surface area contributed by atoms with Crippen molar-refractivity contribution >= 4 is 0 Å². The van der Waals surface area contributed by atoms with Crippen LogP contribution >= 0.6 is 0 Å². The van der Waals surface area contributed by atoms with Crippen LogP contribution in [-0.2, 0) is 0 Å². The molecule has 1 heterocycles. The second-order valence-corrected chi connectivity index (χ2v) is 4.99. The maximum atomic E-state index is 10.8. The summed E-state index contributed by atoms with van der Waals surface area (Å²) in [6, 6.07) is 7.21. The number of hydrogen-bond donors (Lipinski definition) is 1. The molecular weight excluding hydrogens is 234 g/mol. The summed E-state index contributed by atoms with van der Waals surface area (Å²) in [4.78, 5) is 10.5. The highest BCUT2D eigenvalue weighted by molar-refractivity contribution is 5.38. The Hall–Kier alpha value is -1.62. The number of nitrogens with zero attached hydrogens (tertiary/aromatic N) is 1. The summed E-state index contributed by atoms with van der Waals surface area (Å²) >= 11 is 0. The zero-order chi connectivity index (χ0) is 13.3. The van der Waals surface area contributed by atoms with Gasteiger partial charge in [-0.25, -0.2) is 0 Å². The van der Waals surface area contributed by atoms with Crippen molar-refractivity contribution in [2.75, 3.05) is 6.54 Å². The van der Waals surface area contributed by atoms with Gasteiger partial charge in [-0.1, -0.05) is 32.0 Å². The molecule has 18 heavy (non-hydrogen) atoms. The van der Waals surface area contributed by atoms with Crippen LogP contribution in [0.4, 0.5) is 0 Å². The molecular formula is C13H17NO4. The smallest absolute Gasteiger partial charge is 0.211 e. The molecule has 0 aromatic heterocycles. The molecule has 1 aliphatic rings. The monoisotopic (exact) mass is 251 g/mol. The third-order valence-corrected chi connectivity index (χ3v) is 3.48. The lowest BCUT2D eigenvalue weighted by molar-refractivity contribution is -0.486. The molecule has 1 aromatic rings. The first-order valence-electron chi connectivity index (χ1n) is 6.06. The van der Waals surface area contributed by atoms with Crippen molar-refractivity contribution in [2.45, 2.75) is 26.1 Å². The number of benzene rings is 1. The van der Waals surface area contributed by atoms with E-state index in [1.54, 1.807) is 12.1 Å². The molecule has 1 unspecified atom stereocenters. The van der Waals surface area contributed by atoms with Gasteiger partial charge in [0.15, 0.2) is 0 Å². The van der Waals surface area contributed by atoms with Gasteiger partial charge >= 0.3 is 0 Å². The second-order valence-electron chi connectivity index (χ2n) is 4.99. The van der Waals surface area contributed by atoms with Crippen molar-refractivity contribution in [1.29, 1.82) is 0 Å². The van der Waals surface area contributed by atoms with E-state index >= 15 is 0 Å². The molecule has 0 spiro atoms. The van der Waals surface area contributed by atoms with Crippen molar-refractivity contribution in [1.82, 2.24) is 0 Å². The van der Waals surface area contributed by atoms with E-state index in [1.165, 1.54) is 0 Å². The molecule has 0 fully saturated rings. The molecule has 1 N–H and O–H groups in total. The van der Waals surface area contributed by atoms with Crippen LogP contribution in [0.25, 0.3) is 0 Å². The maximum absolute atomic E-state index is 10.8. The minimum absolute atomic E-state index is 0.110. The summed E-state index contributed by atoms with van der Waals surface area (Å²) in [5.41, 5.74) is 0.818. The molecule has 5 heteroatoms. The number of para-hydroxylation sites is 1. The Morgan fingerprint density at radius 3 is 2.72 bits per heavy atom. The van der Waals surface area contributed by atoms with E-state index in [1.807, 2.05) is 26.0 Å². The predicted molar refractivity (Wildman–Crippen MR) is 66.0 cm³/mol. The van der Waals surface area contributed by atoms with Crippen LogP contribution in [0, 0.1) is 22.0 Å². The van der Waals surface area contributed by atoms with Gasteiger partial charge in [0.2, 0.25) is 12.8 Å². The Labute approximate surface area is 106 Å². The number of fused-ring (bicyclic) bond motifs is 1. The van der Waals surface area contributed by atoms with Crippen LogP contribution in [0.3, 0.4) is 0 Å². The van der Waals surface area contributed by atoms with E-state index < -0.39 is 6.29 Å². The number of aliphatic hydroxyl groups excluding tert-OH is 1. The summed E-state index contributed by atoms with van der Waals surface area (Å²) in [7, 11) is 0. The molecule has 0 amide bonds. The van der Waals surface area contributed by atoms with E-state index in [4.69, 9.17) is 4.74 Å². The van der Waals surface area contributed by atoms with E-state index in [0.29, 0.717) is 5.75 Å². The molecule has 0 bridgehead atoms. The van der Waals surface area contributed by atoms with Crippen LogP contribution in [0.1, 0.15) is 25.3 Å². The topological polar surface area (TPSA) is 72.6 Å². The highest BCUT2D eigenvalue weighted by Crippen LogP contribution is 2.42. The molecule has 0 aliphatic carbocycles. The third kappa shape index (κ3) is 2.31. The molecule has 0 saturated heterocycles. The van der Waals surface area contributed by atoms with Gasteiger partial charge in [-0.3, -0.25) is 10.1 Å². The van der Waals surface area contributed by atoms with Crippen LogP contribution in [0.15, 0.2) is 24.3 Å². The molecule has 2 rings (SSSR count). The summed E-state index contributed by atoms with van der Waals surface area (Å²) in [6.45, 7) is 3.70. The van der Waals surface area contributed by atoms with E-state index in [-0.39, 0.29) is 29.2 Å². The second kappa shape index (κ2) is 4.94. The highest BCUT2D eigenvalue weighted by atomic mass is 16.6. The SMILES string of the molecule is CC(C)[C@H]1C(O)Oc2ccccc2[C@H]1C[N+](=O)[O-]. The zero-order valence-electron chi connectivity index (χ0n) is 10.4. The van der Waals surface area contributed by atoms with Gasteiger partial charge in [0, 0.05) is 16.4 Å². The average Bonchev–Trinajstić information content (AvgIpc) is 2.27. The summed E-state index contributed by atoms with van der Waals surface area (Å²) < 4.78 is 5.45. The van der Waals surface area contributed by atoms with Gasteiger partial charge in [-0.15, -0.1) is 0 Å². The largest absolute Gasteiger partial charge is 0.465 e. The van der Waals surface area contributed by atoms with Crippen molar-refractivity contribution in [3.63, 3.8) is 0 Å². The lowest BCUT2D eigenvalue weighted by Gasteiger charge is -2.37. The Morgan fingerprint density at radius 1 is 1.44 bits per heavy atom. The Morgan fingerprint density at radius 2 is 2.11 bits per heavy atom. The predicted octanol–water partition coefficient (Wildman–Crippen LogP) is 2.03. The quantitative estimate of drug-likeness (QED) is 0.659. The number of nitro groups is 1. The van der Waals surface area contributed by atoms with Crippen LogP contribution in [-0.4, -0.2) is 22.9 Å². The molecule has 3 atom stereocenters. The maximum Gasteiger partial charge on any atom is 0.211 e. The van der Waals surface area contributed by atoms with Crippen molar-refractivity contribution in [3.8, 4) is 5.75 Å². The van der Waals surface area contributed by atoms with Gasteiger partial charge in [-0.05, 0) is 12.0 Å². The Balaban J connectivity index is 2.42. The molecule has 1 aliphatic heterocycles. The standard InChI is InChI=1S/C13H17NO4/c1-8(2)12-10(7-14(16)17)9-5-3-4-6-11(9)18-13(12)15/h3-6,8,10,12-13,15H,7H2,1-2H3/t10-,12-,13?/m1/s1. The number of rotatable bonds is 3. The first kappa shape index (κ1) is 12.8. The van der Waals surface area contributed by atoms with Crippen LogP contribution < -0.4 is 4.74 Å². The Bertz CT molecular complexity index is 446. The highest BCUT2D eigenvalue weighted by Gasteiger charge is 2.41. The van der Waals surface area contributed by atoms with Crippen molar-refractivity contribution in [2.24, 2.45) is 11.8 Å². The Kier molecular flexibility index (Phi) is 3.52.